The van der Waals surface area contributed by atoms with E-state index < -0.39 is 11.6 Å². The number of rotatable bonds is 6. The second kappa shape index (κ2) is 7.82. The van der Waals surface area contributed by atoms with Crippen LogP contribution in [0, 0.1) is 11.6 Å². The lowest BCUT2D eigenvalue weighted by atomic mass is 9.95. The third kappa shape index (κ3) is 4.46. The summed E-state index contributed by atoms with van der Waals surface area (Å²) >= 11 is 1.89. The highest BCUT2D eigenvalue weighted by Crippen LogP contribution is 2.29. The second-order valence-electron chi connectivity index (χ2n) is 5.43. The van der Waals surface area contributed by atoms with Gasteiger partial charge in [0.2, 0.25) is 0 Å². The molecule has 2 rings (SSSR count). The predicted molar refractivity (Wildman–Crippen MR) is 86.1 cm³/mol. The molecule has 2 N–H and O–H groups in total. The molecular weight excluding hydrogens is 292 g/mol. The van der Waals surface area contributed by atoms with E-state index in [1.165, 1.54) is 0 Å². The number of pyridine rings is 1. The molecule has 1 aliphatic carbocycles. The van der Waals surface area contributed by atoms with Crippen molar-refractivity contribution in [3.05, 3.63) is 17.7 Å². The van der Waals surface area contributed by atoms with Crippen LogP contribution in [-0.2, 0) is 0 Å². The summed E-state index contributed by atoms with van der Waals surface area (Å²) in [6.07, 6.45) is 7.25. The lowest BCUT2D eigenvalue weighted by molar-refractivity contribution is 0.469. The van der Waals surface area contributed by atoms with Gasteiger partial charge in [0, 0.05) is 23.9 Å². The first-order chi connectivity index (χ1) is 10.1. The molecule has 0 atom stereocenters. The first kappa shape index (κ1) is 16.3. The monoisotopic (exact) mass is 315 g/mol. The Kier molecular flexibility index (Phi) is 6.08. The average molecular weight is 315 g/mol. The molecule has 0 aliphatic heterocycles. The van der Waals surface area contributed by atoms with Crippen LogP contribution < -0.4 is 10.6 Å². The highest BCUT2D eigenvalue weighted by atomic mass is 32.2. The van der Waals surface area contributed by atoms with Crippen molar-refractivity contribution in [1.29, 1.82) is 0 Å². The van der Waals surface area contributed by atoms with Gasteiger partial charge in [-0.3, -0.25) is 0 Å². The molecule has 0 saturated heterocycles. The van der Waals surface area contributed by atoms with E-state index in [-0.39, 0.29) is 17.7 Å². The number of halogens is 2. The van der Waals surface area contributed by atoms with Crippen LogP contribution in [0.5, 0.6) is 0 Å². The fourth-order valence-electron chi connectivity index (χ4n) is 2.57. The van der Waals surface area contributed by atoms with E-state index in [1.54, 1.807) is 0 Å². The SMILES string of the molecule is CCCNc1nc(NC2CCC(SC)CC2)c(F)cc1F. The standard InChI is InChI=1S/C15H23F2N3S/c1-3-8-18-14-12(16)9-13(17)15(20-14)19-10-4-6-11(21-2)7-5-10/h9-11H,3-8H2,1-2H3,(H2,18,19,20). The van der Waals surface area contributed by atoms with Gasteiger partial charge in [0.25, 0.3) is 0 Å². The number of hydrogen-bond donors (Lipinski definition) is 2. The lowest BCUT2D eigenvalue weighted by Gasteiger charge is -2.28. The molecule has 0 unspecified atom stereocenters. The molecule has 1 aromatic rings. The van der Waals surface area contributed by atoms with Gasteiger partial charge >= 0.3 is 0 Å². The van der Waals surface area contributed by atoms with Crippen molar-refractivity contribution in [3.8, 4) is 0 Å². The largest absolute Gasteiger partial charge is 0.368 e. The maximum atomic E-state index is 13.9. The van der Waals surface area contributed by atoms with Gasteiger partial charge in [0.15, 0.2) is 23.3 Å². The molecule has 0 radical (unpaired) electrons. The molecule has 1 aliphatic rings. The molecule has 118 valence electrons. The summed E-state index contributed by atoms with van der Waals surface area (Å²) in [5.41, 5.74) is 0. The third-order valence-electron chi connectivity index (χ3n) is 3.82. The maximum Gasteiger partial charge on any atom is 0.168 e. The highest BCUT2D eigenvalue weighted by molar-refractivity contribution is 7.99. The molecule has 1 heterocycles. The summed E-state index contributed by atoms with van der Waals surface area (Å²) in [6, 6.07) is 1.13. The summed E-state index contributed by atoms with van der Waals surface area (Å²) in [5.74, 6) is -0.986. The molecule has 0 spiro atoms. The van der Waals surface area contributed by atoms with Gasteiger partial charge in [-0.15, -0.1) is 0 Å². The van der Waals surface area contributed by atoms with E-state index >= 15 is 0 Å². The molecule has 0 bridgehead atoms. The molecular formula is C15H23F2N3S. The van der Waals surface area contributed by atoms with Crippen molar-refractivity contribution in [2.45, 2.75) is 50.3 Å². The number of thioether (sulfide) groups is 1. The average Bonchev–Trinajstić information content (AvgIpc) is 2.49. The first-order valence-electron chi connectivity index (χ1n) is 7.53. The van der Waals surface area contributed by atoms with Gasteiger partial charge in [0.05, 0.1) is 0 Å². The molecule has 1 aromatic heterocycles. The smallest absolute Gasteiger partial charge is 0.168 e. The van der Waals surface area contributed by atoms with Crippen molar-refractivity contribution < 1.29 is 8.78 Å². The minimum absolute atomic E-state index is 0.124. The zero-order valence-electron chi connectivity index (χ0n) is 12.6. The number of nitrogens with zero attached hydrogens (tertiary/aromatic N) is 1. The van der Waals surface area contributed by atoms with Crippen LogP contribution in [0.15, 0.2) is 6.07 Å². The van der Waals surface area contributed by atoms with E-state index in [2.05, 4.69) is 21.9 Å². The van der Waals surface area contributed by atoms with Crippen LogP contribution in [0.1, 0.15) is 39.0 Å². The van der Waals surface area contributed by atoms with Gasteiger partial charge in [-0.2, -0.15) is 11.8 Å². The maximum absolute atomic E-state index is 13.9. The van der Waals surface area contributed by atoms with Crippen LogP contribution in [-0.4, -0.2) is 29.1 Å². The minimum Gasteiger partial charge on any atom is -0.368 e. The van der Waals surface area contributed by atoms with Crippen LogP contribution in [0.4, 0.5) is 20.4 Å². The molecule has 21 heavy (non-hydrogen) atoms. The summed E-state index contributed by atoms with van der Waals surface area (Å²) < 4.78 is 27.5. The van der Waals surface area contributed by atoms with Crippen molar-refractivity contribution >= 4 is 23.4 Å². The minimum atomic E-state index is -0.641. The number of aromatic nitrogens is 1. The summed E-state index contributed by atoms with van der Waals surface area (Å²) in [5, 5.41) is 6.73. The number of anilines is 2. The molecule has 0 amide bonds. The van der Waals surface area contributed by atoms with Gasteiger partial charge in [0.1, 0.15) is 0 Å². The Morgan fingerprint density at radius 3 is 2.48 bits per heavy atom. The van der Waals surface area contributed by atoms with Gasteiger partial charge in [-0.1, -0.05) is 6.92 Å². The Balaban J connectivity index is 2.02. The second-order valence-corrected chi connectivity index (χ2v) is 6.57. The highest BCUT2D eigenvalue weighted by Gasteiger charge is 2.22. The van der Waals surface area contributed by atoms with E-state index in [1.807, 2.05) is 18.7 Å². The summed E-state index contributed by atoms with van der Waals surface area (Å²) in [4.78, 5) is 4.07. The molecule has 1 saturated carbocycles. The first-order valence-corrected chi connectivity index (χ1v) is 8.82. The van der Waals surface area contributed by atoms with Crippen LogP contribution in [0.25, 0.3) is 0 Å². The zero-order chi connectivity index (χ0) is 15.2. The van der Waals surface area contributed by atoms with Crippen molar-refractivity contribution in [1.82, 2.24) is 4.98 Å². The predicted octanol–water partition coefficient (Wildman–Crippen LogP) is 4.27. The van der Waals surface area contributed by atoms with E-state index in [0.29, 0.717) is 11.8 Å². The van der Waals surface area contributed by atoms with Gasteiger partial charge in [-0.05, 0) is 38.4 Å². The third-order valence-corrected chi connectivity index (χ3v) is 4.96. The number of hydrogen-bond acceptors (Lipinski definition) is 4. The van der Waals surface area contributed by atoms with Gasteiger partial charge in [-0.25, -0.2) is 13.8 Å². The number of nitrogens with one attached hydrogen (secondary N) is 2. The Hall–Kier alpha value is -1.04. The Labute approximate surface area is 129 Å². The molecule has 6 heteroatoms. The topological polar surface area (TPSA) is 37.0 Å². The Morgan fingerprint density at radius 1 is 1.19 bits per heavy atom. The van der Waals surface area contributed by atoms with Gasteiger partial charge < -0.3 is 10.6 Å². The molecule has 1 fully saturated rings. The van der Waals surface area contributed by atoms with E-state index in [4.69, 9.17) is 0 Å². The lowest BCUT2D eigenvalue weighted by Crippen LogP contribution is -2.28. The Morgan fingerprint density at radius 2 is 1.86 bits per heavy atom. The van der Waals surface area contributed by atoms with Crippen LogP contribution in [0.2, 0.25) is 0 Å². The normalized spacial score (nSPS) is 22.1. The fourth-order valence-corrected chi connectivity index (χ4v) is 3.31. The summed E-state index contributed by atoms with van der Waals surface area (Å²) in [6.45, 7) is 2.60. The molecule has 3 nitrogen and oxygen atoms in total. The quantitative estimate of drug-likeness (QED) is 0.822. The van der Waals surface area contributed by atoms with Crippen molar-refractivity contribution in [2.75, 3.05) is 23.4 Å². The van der Waals surface area contributed by atoms with E-state index in [9.17, 15) is 8.78 Å². The summed E-state index contributed by atoms with van der Waals surface area (Å²) in [7, 11) is 0. The Bertz CT molecular complexity index is 462. The van der Waals surface area contributed by atoms with Crippen molar-refractivity contribution in [2.24, 2.45) is 0 Å². The molecule has 0 aromatic carbocycles. The zero-order valence-corrected chi connectivity index (χ0v) is 13.4. The van der Waals surface area contributed by atoms with Crippen LogP contribution in [0.3, 0.4) is 0 Å². The van der Waals surface area contributed by atoms with Crippen molar-refractivity contribution in [3.63, 3.8) is 0 Å². The fraction of sp³-hybridized carbons (Fsp3) is 0.667. The van der Waals surface area contributed by atoms with E-state index in [0.717, 1.165) is 38.2 Å². The van der Waals surface area contributed by atoms with Crippen LogP contribution >= 0.6 is 11.8 Å².